The number of nitrogens with zero attached hydrogens (tertiary/aromatic N) is 1. The SMILES string of the molecule is CCCCNC(=O)[C@@H](CC)N(Cc1ccc(Cl)cc1)C(=O)Cc1c(Cl)cccc1Cl. The van der Waals surface area contributed by atoms with Crippen LogP contribution in [0.1, 0.15) is 44.2 Å². The van der Waals surface area contributed by atoms with Gasteiger partial charge in [-0.3, -0.25) is 9.59 Å². The molecular weight excluding hydrogens is 443 g/mol. The van der Waals surface area contributed by atoms with Crippen molar-refractivity contribution in [2.75, 3.05) is 6.54 Å². The van der Waals surface area contributed by atoms with Gasteiger partial charge in [-0.1, -0.05) is 73.3 Å². The van der Waals surface area contributed by atoms with Crippen LogP contribution in [0.3, 0.4) is 0 Å². The molecule has 0 aliphatic carbocycles. The van der Waals surface area contributed by atoms with E-state index in [4.69, 9.17) is 34.8 Å². The Bertz CT molecular complexity index is 836. The van der Waals surface area contributed by atoms with Gasteiger partial charge in [0, 0.05) is 28.2 Å². The van der Waals surface area contributed by atoms with E-state index in [2.05, 4.69) is 12.2 Å². The normalized spacial score (nSPS) is 11.8. The Morgan fingerprint density at radius 2 is 1.63 bits per heavy atom. The summed E-state index contributed by atoms with van der Waals surface area (Å²) in [4.78, 5) is 27.8. The lowest BCUT2D eigenvalue weighted by atomic mass is 10.1. The Hall–Kier alpha value is -1.75. The molecule has 30 heavy (non-hydrogen) atoms. The molecule has 0 aliphatic rings. The van der Waals surface area contributed by atoms with Crippen LogP contribution in [0.4, 0.5) is 0 Å². The van der Waals surface area contributed by atoms with E-state index in [-0.39, 0.29) is 24.8 Å². The molecule has 0 bridgehead atoms. The maximum Gasteiger partial charge on any atom is 0.242 e. The second-order valence-electron chi connectivity index (χ2n) is 7.09. The van der Waals surface area contributed by atoms with E-state index < -0.39 is 6.04 Å². The van der Waals surface area contributed by atoms with Crippen LogP contribution in [0.25, 0.3) is 0 Å². The smallest absolute Gasteiger partial charge is 0.242 e. The van der Waals surface area contributed by atoms with Gasteiger partial charge in [0.05, 0.1) is 6.42 Å². The molecule has 0 aromatic heterocycles. The number of carbonyl (C=O) groups excluding carboxylic acids is 2. The number of nitrogens with one attached hydrogen (secondary N) is 1. The lowest BCUT2D eigenvalue weighted by Crippen LogP contribution is -2.49. The average Bonchev–Trinajstić information content (AvgIpc) is 2.72. The molecule has 0 saturated carbocycles. The number of rotatable bonds is 10. The molecule has 2 amide bonds. The number of amides is 2. The quantitative estimate of drug-likeness (QED) is 0.440. The molecule has 1 atom stereocenters. The lowest BCUT2D eigenvalue weighted by Gasteiger charge is -2.31. The average molecular weight is 470 g/mol. The first-order chi connectivity index (χ1) is 14.4. The third-order valence-electron chi connectivity index (χ3n) is 4.87. The van der Waals surface area contributed by atoms with Crippen molar-refractivity contribution in [1.82, 2.24) is 10.2 Å². The summed E-state index contributed by atoms with van der Waals surface area (Å²) < 4.78 is 0. The maximum absolute atomic E-state index is 13.3. The Labute approximate surface area is 193 Å². The summed E-state index contributed by atoms with van der Waals surface area (Å²) >= 11 is 18.5. The summed E-state index contributed by atoms with van der Waals surface area (Å²) in [6, 6.07) is 11.8. The second-order valence-corrected chi connectivity index (χ2v) is 8.34. The van der Waals surface area contributed by atoms with E-state index in [0.717, 1.165) is 18.4 Å². The first-order valence-corrected chi connectivity index (χ1v) is 11.2. The Morgan fingerprint density at radius 1 is 1.00 bits per heavy atom. The highest BCUT2D eigenvalue weighted by molar-refractivity contribution is 6.36. The van der Waals surface area contributed by atoms with Gasteiger partial charge in [0.15, 0.2) is 0 Å². The molecule has 162 valence electrons. The zero-order valence-electron chi connectivity index (χ0n) is 17.3. The van der Waals surface area contributed by atoms with Crippen molar-refractivity contribution >= 4 is 46.6 Å². The zero-order chi connectivity index (χ0) is 22.1. The predicted molar refractivity (Wildman–Crippen MR) is 124 cm³/mol. The van der Waals surface area contributed by atoms with Gasteiger partial charge in [0.1, 0.15) is 6.04 Å². The number of benzene rings is 2. The summed E-state index contributed by atoms with van der Waals surface area (Å²) in [7, 11) is 0. The summed E-state index contributed by atoms with van der Waals surface area (Å²) in [6.45, 7) is 4.84. The first-order valence-electron chi connectivity index (χ1n) is 10.1. The Balaban J connectivity index is 2.29. The van der Waals surface area contributed by atoms with Crippen molar-refractivity contribution in [1.29, 1.82) is 0 Å². The minimum atomic E-state index is -0.591. The van der Waals surface area contributed by atoms with Crippen LogP contribution < -0.4 is 5.32 Å². The molecule has 4 nitrogen and oxygen atoms in total. The third kappa shape index (κ3) is 6.90. The Kier molecular flexibility index (Phi) is 9.96. The highest BCUT2D eigenvalue weighted by atomic mass is 35.5. The number of hydrogen-bond acceptors (Lipinski definition) is 2. The van der Waals surface area contributed by atoms with Crippen LogP contribution in [0.15, 0.2) is 42.5 Å². The van der Waals surface area contributed by atoms with Crippen molar-refractivity contribution in [2.45, 2.75) is 52.1 Å². The van der Waals surface area contributed by atoms with Crippen molar-refractivity contribution in [3.8, 4) is 0 Å². The van der Waals surface area contributed by atoms with Gasteiger partial charge >= 0.3 is 0 Å². The summed E-state index contributed by atoms with van der Waals surface area (Å²) in [5, 5.41) is 4.43. The van der Waals surface area contributed by atoms with Crippen molar-refractivity contribution in [3.63, 3.8) is 0 Å². The minimum absolute atomic E-state index is 0.0187. The molecule has 7 heteroatoms. The molecule has 2 aromatic carbocycles. The number of halogens is 3. The summed E-state index contributed by atoms with van der Waals surface area (Å²) in [6.07, 6.45) is 2.39. The molecule has 2 rings (SSSR count). The molecular formula is C23H27Cl3N2O2. The first kappa shape index (κ1) is 24.5. The lowest BCUT2D eigenvalue weighted by molar-refractivity contribution is -0.140. The standard InChI is InChI=1S/C23H27Cl3N2O2/c1-3-5-13-27-23(30)21(4-2)28(15-16-9-11-17(24)12-10-16)22(29)14-18-19(25)7-6-8-20(18)26/h6-12,21H,3-5,13-15H2,1-2H3,(H,27,30)/t21-/m1/s1. The minimum Gasteiger partial charge on any atom is -0.354 e. The van der Waals surface area contributed by atoms with Crippen molar-refractivity contribution in [3.05, 3.63) is 68.7 Å². The van der Waals surface area contributed by atoms with Gasteiger partial charge in [-0.15, -0.1) is 0 Å². The molecule has 0 saturated heterocycles. The fourth-order valence-electron chi connectivity index (χ4n) is 3.17. The van der Waals surface area contributed by atoms with E-state index in [1.165, 1.54) is 0 Å². The highest BCUT2D eigenvalue weighted by Gasteiger charge is 2.29. The topological polar surface area (TPSA) is 49.4 Å². The number of carbonyl (C=O) groups is 2. The van der Waals surface area contributed by atoms with Gasteiger partial charge in [0.2, 0.25) is 11.8 Å². The van der Waals surface area contributed by atoms with E-state index >= 15 is 0 Å². The van der Waals surface area contributed by atoms with Crippen LogP contribution >= 0.6 is 34.8 Å². The van der Waals surface area contributed by atoms with Crippen LogP contribution in [0.5, 0.6) is 0 Å². The van der Waals surface area contributed by atoms with Crippen LogP contribution in [-0.4, -0.2) is 29.3 Å². The van der Waals surface area contributed by atoms with E-state index in [9.17, 15) is 9.59 Å². The molecule has 1 N–H and O–H groups in total. The van der Waals surface area contributed by atoms with Crippen LogP contribution in [0, 0.1) is 0 Å². The van der Waals surface area contributed by atoms with Gasteiger partial charge in [-0.2, -0.15) is 0 Å². The second kappa shape index (κ2) is 12.2. The molecule has 2 aromatic rings. The largest absolute Gasteiger partial charge is 0.354 e. The maximum atomic E-state index is 13.3. The van der Waals surface area contributed by atoms with Gasteiger partial charge in [0.25, 0.3) is 0 Å². The molecule has 0 heterocycles. The van der Waals surface area contributed by atoms with Crippen LogP contribution in [-0.2, 0) is 22.6 Å². The molecule has 0 radical (unpaired) electrons. The van der Waals surface area contributed by atoms with Gasteiger partial charge in [-0.25, -0.2) is 0 Å². The van der Waals surface area contributed by atoms with Crippen LogP contribution in [0.2, 0.25) is 15.1 Å². The number of unbranched alkanes of at least 4 members (excludes halogenated alkanes) is 1. The zero-order valence-corrected chi connectivity index (χ0v) is 19.5. The highest BCUT2D eigenvalue weighted by Crippen LogP contribution is 2.26. The van der Waals surface area contributed by atoms with E-state index in [0.29, 0.717) is 33.6 Å². The van der Waals surface area contributed by atoms with Crippen molar-refractivity contribution < 1.29 is 9.59 Å². The van der Waals surface area contributed by atoms with Gasteiger partial charge in [-0.05, 0) is 48.2 Å². The Morgan fingerprint density at radius 3 is 2.20 bits per heavy atom. The fourth-order valence-corrected chi connectivity index (χ4v) is 3.82. The summed E-state index contributed by atoms with van der Waals surface area (Å²) in [5.74, 6) is -0.365. The molecule has 0 fully saturated rings. The number of hydrogen-bond donors (Lipinski definition) is 1. The van der Waals surface area contributed by atoms with Gasteiger partial charge < -0.3 is 10.2 Å². The molecule has 0 aliphatic heterocycles. The van der Waals surface area contributed by atoms with E-state index in [1.54, 1.807) is 35.2 Å². The summed E-state index contributed by atoms with van der Waals surface area (Å²) in [5.41, 5.74) is 1.45. The third-order valence-corrected chi connectivity index (χ3v) is 5.83. The van der Waals surface area contributed by atoms with Crippen molar-refractivity contribution in [2.24, 2.45) is 0 Å². The predicted octanol–water partition coefficient (Wildman–Crippen LogP) is 5.91. The molecule has 0 spiro atoms. The fraction of sp³-hybridized carbons (Fsp3) is 0.391. The molecule has 0 unspecified atom stereocenters. The monoisotopic (exact) mass is 468 g/mol. The van der Waals surface area contributed by atoms with E-state index in [1.807, 2.05) is 19.1 Å².